The Morgan fingerprint density at radius 2 is 1.93 bits per heavy atom. The predicted octanol–water partition coefficient (Wildman–Crippen LogP) is 1.42. The first kappa shape index (κ1) is 11.4. The van der Waals surface area contributed by atoms with Crippen LogP contribution in [0.15, 0.2) is 0 Å². The van der Waals surface area contributed by atoms with Gasteiger partial charge in [-0.05, 0) is 30.6 Å². The molecule has 2 saturated carbocycles. The predicted molar refractivity (Wildman–Crippen MR) is 57.2 cm³/mol. The Bertz CT molecular complexity index is 376. The lowest BCUT2D eigenvalue weighted by atomic mass is 9.70. The van der Waals surface area contributed by atoms with E-state index in [2.05, 4.69) is 20.8 Å². The molecule has 2 N–H and O–H groups in total. The van der Waals surface area contributed by atoms with Crippen LogP contribution in [0.3, 0.4) is 0 Å². The van der Waals surface area contributed by atoms with E-state index in [-0.39, 0.29) is 16.9 Å². The summed E-state index contributed by atoms with van der Waals surface area (Å²) in [6.45, 7) is 6.53. The molecule has 2 fully saturated rings. The van der Waals surface area contributed by atoms with Crippen molar-refractivity contribution in [2.24, 2.45) is 21.9 Å². The van der Waals surface area contributed by atoms with E-state index in [9.17, 15) is 8.42 Å². The van der Waals surface area contributed by atoms with Crippen molar-refractivity contribution in [2.45, 2.75) is 46.1 Å². The number of fused-ring (bicyclic) bond motifs is 2. The van der Waals surface area contributed by atoms with Crippen LogP contribution in [0.5, 0.6) is 0 Å². The molecule has 0 saturated heterocycles. The first-order valence-corrected chi connectivity index (χ1v) is 6.85. The Morgan fingerprint density at radius 1 is 1.33 bits per heavy atom. The van der Waals surface area contributed by atoms with E-state index in [1.54, 1.807) is 0 Å². The van der Waals surface area contributed by atoms with Crippen molar-refractivity contribution < 1.29 is 12.6 Å². The molecule has 0 aromatic carbocycles. The zero-order valence-electron chi connectivity index (χ0n) is 9.49. The van der Waals surface area contributed by atoms with Gasteiger partial charge >= 0.3 is 10.3 Å². The molecule has 0 aromatic heterocycles. The van der Waals surface area contributed by atoms with Gasteiger partial charge in [0.15, 0.2) is 0 Å². The van der Waals surface area contributed by atoms with E-state index < -0.39 is 10.3 Å². The topological polar surface area (TPSA) is 69.4 Å². The Morgan fingerprint density at radius 3 is 2.27 bits per heavy atom. The van der Waals surface area contributed by atoms with Crippen molar-refractivity contribution in [2.75, 3.05) is 0 Å². The number of nitrogens with two attached hydrogens (primary N) is 1. The van der Waals surface area contributed by atoms with Gasteiger partial charge in [0.1, 0.15) is 0 Å². The fourth-order valence-electron chi connectivity index (χ4n) is 3.44. The van der Waals surface area contributed by atoms with Gasteiger partial charge in [-0.25, -0.2) is 5.14 Å². The van der Waals surface area contributed by atoms with Crippen LogP contribution in [0, 0.1) is 16.7 Å². The second kappa shape index (κ2) is 2.96. The molecule has 3 atom stereocenters. The smallest absolute Gasteiger partial charge is 0.254 e. The second-order valence-electron chi connectivity index (χ2n) is 5.69. The summed E-state index contributed by atoms with van der Waals surface area (Å²) in [5.74, 6) is 0.564. The average Bonchev–Trinajstić information content (AvgIpc) is 2.34. The van der Waals surface area contributed by atoms with Crippen LogP contribution in [0.2, 0.25) is 0 Å². The highest BCUT2D eigenvalue weighted by Crippen LogP contribution is 2.66. The lowest BCUT2D eigenvalue weighted by molar-refractivity contribution is 0.0346. The Hall–Kier alpha value is -0.130. The zero-order chi connectivity index (χ0) is 11.5. The van der Waals surface area contributed by atoms with Gasteiger partial charge in [-0.1, -0.05) is 20.8 Å². The van der Waals surface area contributed by atoms with Crippen molar-refractivity contribution in [1.29, 1.82) is 0 Å². The molecule has 5 heteroatoms. The minimum atomic E-state index is -3.82. The molecule has 0 aliphatic heterocycles. The number of hydrogen-bond donors (Lipinski definition) is 1. The molecule has 2 bridgehead atoms. The molecule has 2 rings (SSSR count). The van der Waals surface area contributed by atoms with Gasteiger partial charge in [-0.2, -0.15) is 8.42 Å². The Balaban J connectivity index is 2.27. The fourth-order valence-corrected chi connectivity index (χ4v) is 4.05. The maximum atomic E-state index is 11.0. The molecular weight excluding hydrogens is 214 g/mol. The maximum absolute atomic E-state index is 11.0. The van der Waals surface area contributed by atoms with Crippen molar-refractivity contribution in [3.8, 4) is 0 Å². The molecule has 2 aliphatic rings. The van der Waals surface area contributed by atoms with Gasteiger partial charge in [-0.15, -0.1) is 0 Å². The van der Waals surface area contributed by atoms with Gasteiger partial charge in [0.2, 0.25) is 0 Å². The standard InChI is InChI=1S/C10H19NO3S/c1-9(2)7-4-5-10(9,3)8(6-7)14-15(11,12)13/h7-8H,4-6H2,1-3H3,(H2,11,12,13)/t7-,8+,10+/m0/s1. The SMILES string of the molecule is CC1(C)[C@H]2CC[C@]1(C)[C@H](OS(N)(=O)=O)C2. The highest BCUT2D eigenvalue weighted by atomic mass is 32.2. The lowest BCUT2D eigenvalue weighted by Crippen LogP contribution is -2.39. The molecule has 0 heterocycles. The summed E-state index contributed by atoms with van der Waals surface area (Å²) < 4.78 is 27.0. The molecular formula is C10H19NO3S. The summed E-state index contributed by atoms with van der Waals surface area (Å²) in [7, 11) is -3.82. The van der Waals surface area contributed by atoms with Crippen molar-refractivity contribution in [3.05, 3.63) is 0 Å². The van der Waals surface area contributed by atoms with Crippen LogP contribution in [-0.2, 0) is 14.5 Å². The highest BCUT2D eigenvalue weighted by molar-refractivity contribution is 7.84. The second-order valence-corrected chi connectivity index (χ2v) is 6.87. The maximum Gasteiger partial charge on any atom is 0.333 e. The van der Waals surface area contributed by atoms with E-state index in [1.165, 1.54) is 6.42 Å². The van der Waals surface area contributed by atoms with Gasteiger partial charge in [-0.3, -0.25) is 4.18 Å². The summed E-state index contributed by atoms with van der Waals surface area (Å²) in [6, 6.07) is 0. The first-order chi connectivity index (χ1) is 6.67. The molecule has 0 unspecified atom stereocenters. The van der Waals surface area contributed by atoms with Crippen LogP contribution < -0.4 is 5.14 Å². The van der Waals surface area contributed by atoms with Crippen LogP contribution in [0.4, 0.5) is 0 Å². The molecule has 15 heavy (non-hydrogen) atoms. The minimum Gasteiger partial charge on any atom is -0.254 e. The molecule has 0 spiro atoms. The minimum absolute atomic E-state index is 0.0515. The monoisotopic (exact) mass is 233 g/mol. The lowest BCUT2D eigenvalue weighted by Gasteiger charge is -2.38. The third-order valence-electron chi connectivity index (χ3n) is 4.96. The van der Waals surface area contributed by atoms with Crippen LogP contribution in [-0.4, -0.2) is 14.5 Å². The van der Waals surface area contributed by atoms with Crippen LogP contribution in [0.25, 0.3) is 0 Å². The normalized spacial score (nSPS) is 43.5. The van der Waals surface area contributed by atoms with Crippen molar-refractivity contribution in [3.63, 3.8) is 0 Å². The average molecular weight is 233 g/mol. The molecule has 0 radical (unpaired) electrons. The zero-order valence-corrected chi connectivity index (χ0v) is 10.3. The largest absolute Gasteiger partial charge is 0.333 e. The molecule has 0 aromatic rings. The van der Waals surface area contributed by atoms with Crippen molar-refractivity contribution in [1.82, 2.24) is 0 Å². The van der Waals surface area contributed by atoms with E-state index in [0.29, 0.717) is 5.92 Å². The third kappa shape index (κ3) is 1.52. The van der Waals surface area contributed by atoms with E-state index in [4.69, 9.17) is 9.32 Å². The quantitative estimate of drug-likeness (QED) is 0.784. The molecule has 2 aliphatic carbocycles. The Labute approximate surface area is 91.4 Å². The van der Waals surface area contributed by atoms with E-state index >= 15 is 0 Å². The summed E-state index contributed by atoms with van der Waals surface area (Å²) in [4.78, 5) is 0. The first-order valence-electron chi connectivity index (χ1n) is 5.38. The van der Waals surface area contributed by atoms with Gasteiger partial charge in [0, 0.05) is 5.41 Å². The highest BCUT2D eigenvalue weighted by Gasteiger charge is 2.62. The Kier molecular flexibility index (Phi) is 2.24. The number of hydrogen-bond acceptors (Lipinski definition) is 3. The molecule has 4 nitrogen and oxygen atoms in total. The van der Waals surface area contributed by atoms with Gasteiger partial charge in [0.25, 0.3) is 0 Å². The van der Waals surface area contributed by atoms with Crippen LogP contribution in [0.1, 0.15) is 40.0 Å². The summed E-state index contributed by atoms with van der Waals surface area (Å²) in [5, 5.41) is 4.94. The van der Waals surface area contributed by atoms with Crippen LogP contribution >= 0.6 is 0 Å². The van der Waals surface area contributed by atoms with E-state index in [0.717, 1.165) is 12.8 Å². The summed E-state index contributed by atoms with van der Waals surface area (Å²) >= 11 is 0. The molecule has 88 valence electrons. The van der Waals surface area contributed by atoms with Crippen molar-refractivity contribution >= 4 is 10.3 Å². The third-order valence-corrected chi connectivity index (χ3v) is 5.46. The summed E-state index contributed by atoms with van der Waals surface area (Å²) in [6.07, 6.45) is 2.79. The van der Waals surface area contributed by atoms with Gasteiger partial charge < -0.3 is 0 Å². The molecule has 0 amide bonds. The van der Waals surface area contributed by atoms with Gasteiger partial charge in [0.05, 0.1) is 6.10 Å². The number of rotatable bonds is 2. The van der Waals surface area contributed by atoms with E-state index in [1.807, 2.05) is 0 Å². The summed E-state index contributed by atoms with van der Waals surface area (Å²) in [5.41, 5.74) is 0.104. The fraction of sp³-hybridized carbons (Fsp3) is 1.00.